The van der Waals surface area contributed by atoms with Crippen LogP contribution in [0.25, 0.3) is 0 Å². The fourth-order valence-corrected chi connectivity index (χ4v) is 3.31. The molecular weight excluding hydrogens is 290 g/mol. The quantitative estimate of drug-likeness (QED) is 0.780. The molecule has 19 heavy (non-hydrogen) atoms. The number of hydrogen-bond donors (Lipinski definition) is 0. The average Bonchev–Trinajstić information content (AvgIpc) is 2.74. The summed E-state index contributed by atoms with van der Waals surface area (Å²) in [6.45, 7) is 7.04. The van der Waals surface area contributed by atoms with Crippen LogP contribution < -0.4 is 0 Å². The molecule has 1 aromatic rings. The highest BCUT2D eigenvalue weighted by Crippen LogP contribution is 2.32. The molecule has 1 aliphatic rings. The maximum atomic E-state index is 11.6. The number of ether oxygens (including phenoxy) is 1. The van der Waals surface area contributed by atoms with Crippen molar-refractivity contribution in [2.45, 2.75) is 50.2 Å². The second-order valence-corrected chi connectivity index (χ2v) is 8.13. The summed E-state index contributed by atoms with van der Waals surface area (Å²) in [5.41, 5.74) is -0.450. The normalized spacial score (nSPS) is 18.7. The van der Waals surface area contributed by atoms with E-state index in [0.29, 0.717) is 19.0 Å². The highest BCUT2D eigenvalue weighted by atomic mass is 35.7. The summed E-state index contributed by atoms with van der Waals surface area (Å²) in [7, 11) is 1.54. The number of aromatic nitrogens is 3. The molecule has 0 aliphatic carbocycles. The molecule has 2 rings (SSSR count). The van der Waals surface area contributed by atoms with Gasteiger partial charge in [0.25, 0.3) is 14.2 Å². The molecule has 1 aromatic heterocycles. The summed E-state index contributed by atoms with van der Waals surface area (Å²) in [5, 5.41) is 7.67. The van der Waals surface area contributed by atoms with Crippen LogP contribution in [0.5, 0.6) is 0 Å². The first kappa shape index (κ1) is 14.7. The maximum absolute atomic E-state index is 11.6. The van der Waals surface area contributed by atoms with Gasteiger partial charge in [-0.15, -0.1) is 10.2 Å². The van der Waals surface area contributed by atoms with Gasteiger partial charge < -0.3 is 4.74 Å². The number of halogens is 1. The Balaban J connectivity index is 2.53. The Hall–Kier alpha value is -0.660. The molecule has 1 saturated heterocycles. The van der Waals surface area contributed by atoms with Gasteiger partial charge in [0.2, 0.25) is 0 Å². The Kier molecular flexibility index (Phi) is 3.90. The molecule has 0 atom stereocenters. The van der Waals surface area contributed by atoms with Gasteiger partial charge in [-0.05, 0) is 33.6 Å². The van der Waals surface area contributed by atoms with E-state index in [0.717, 1.165) is 12.8 Å². The van der Waals surface area contributed by atoms with E-state index >= 15 is 0 Å². The summed E-state index contributed by atoms with van der Waals surface area (Å²) in [4.78, 5) is 0. The molecule has 0 spiro atoms. The smallest absolute Gasteiger partial charge is 0.296 e. The Bertz CT molecular complexity index is 556. The van der Waals surface area contributed by atoms with Crippen LogP contribution in [0.1, 0.15) is 45.4 Å². The van der Waals surface area contributed by atoms with Crippen molar-refractivity contribution in [1.82, 2.24) is 14.8 Å². The topological polar surface area (TPSA) is 74.1 Å². The lowest BCUT2D eigenvalue weighted by molar-refractivity contribution is 0.0815. The van der Waals surface area contributed by atoms with E-state index in [1.165, 1.54) is 0 Å². The van der Waals surface area contributed by atoms with Gasteiger partial charge in [-0.1, -0.05) is 0 Å². The van der Waals surface area contributed by atoms with Crippen molar-refractivity contribution in [3.8, 4) is 0 Å². The zero-order valence-electron chi connectivity index (χ0n) is 11.3. The minimum Gasteiger partial charge on any atom is -0.381 e. The van der Waals surface area contributed by atoms with E-state index in [1.54, 1.807) is 4.57 Å². The van der Waals surface area contributed by atoms with Crippen molar-refractivity contribution in [2.75, 3.05) is 13.2 Å². The fraction of sp³-hybridized carbons (Fsp3) is 0.818. The number of nitrogens with zero attached hydrogens (tertiary/aromatic N) is 3. The van der Waals surface area contributed by atoms with Crippen LogP contribution in [-0.2, 0) is 19.3 Å². The fourth-order valence-electron chi connectivity index (χ4n) is 2.29. The summed E-state index contributed by atoms with van der Waals surface area (Å²) in [5.74, 6) is 0.836. The Morgan fingerprint density at radius 3 is 2.32 bits per heavy atom. The molecule has 1 aliphatic heterocycles. The first-order valence-electron chi connectivity index (χ1n) is 6.19. The van der Waals surface area contributed by atoms with Crippen LogP contribution >= 0.6 is 10.7 Å². The van der Waals surface area contributed by atoms with Crippen molar-refractivity contribution >= 4 is 19.7 Å². The van der Waals surface area contributed by atoms with Crippen LogP contribution in [0.15, 0.2) is 5.16 Å². The van der Waals surface area contributed by atoms with Crippen LogP contribution in [-0.4, -0.2) is 36.4 Å². The zero-order chi connectivity index (χ0) is 14.3. The van der Waals surface area contributed by atoms with Crippen LogP contribution in [0.2, 0.25) is 0 Å². The van der Waals surface area contributed by atoms with Crippen molar-refractivity contribution in [3.05, 3.63) is 5.82 Å². The van der Waals surface area contributed by atoms with E-state index < -0.39 is 14.6 Å². The lowest BCUT2D eigenvalue weighted by Crippen LogP contribution is -2.29. The average molecular weight is 308 g/mol. The zero-order valence-corrected chi connectivity index (χ0v) is 12.8. The highest BCUT2D eigenvalue weighted by molar-refractivity contribution is 8.13. The van der Waals surface area contributed by atoms with E-state index in [9.17, 15) is 8.42 Å². The minimum atomic E-state index is -3.90. The Morgan fingerprint density at radius 2 is 1.84 bits per heavy atom. The summed E-state index contributed by atoms with van der Waals surface area (Å²) in [6.07, 6.45) is 1.63. The molecule has 1 fully saturated rings. The van der Waals surface area contributed by atoms with Crippen LogP contribution in [0.3, 0.4) is 0 Å². The first-order valence-corrected chi connectivity index (χ1v) is 8.50. The van der Waals surface area contributed by atoms with Gasteiger partial charge in [0.05, 0.1) is 0 Å². The van der Waals surface area contributed by atoms with Gasteiger partial charge in [0.15, 0.2) is 0 Å². The third-order valence-electron chi connectivity index (χ3n) is 3.13. The molecule has 108 valence electrons. The van der Waals surface area contributed by atoms with Gasteiger partial charge in [-0.3, -0.25) is 4.57 Å². The number of hydrogen-bond acceptors (Lipinski definition) is 5. The van der Waals surface area contributed by atoms with Gasteiger partial charge in [0.1, 0.15) is 5.82 Å². The third-order valence-corrected chi connectivity index (χ3v) is 4.25. The molecule has 0 saturated carbocycles. The van der Waals surface area contributed by atoms with Crippen molar-refractivity contribution in [2.24, 2.45) is 0 Å². The summed E-state index contributed by atoms with van der Waals surface area (Å²) in [6, 6.07) is 0. The largest absolute Gasteiger partial charge is 0.381 e. The van der Waals surface area contributed by atoms with Gasteiger partial charge in [0, 0.05) is 35.4 Å². The van der Waals surface area contributed by atoms with Gasteiger partial charge in [-0.25, -0.2) is 8.42 Å². The summed E-state index contributed by atoms with van der Waals surface area (Å²) >= 11 is 0. The van der Waals surface area contributed by atoms with Crippen molar-refractivity contribution in [3.63, 3.8) is 0 Å². The third kappa shape index (κ3) is 3.09. The lowest BCUT2D eigenvalue weighted by Gasteiger charge is -2.28. The second-order valence-electron chi connectivity index (χ2n) is 5.67. The predicted molar refractivity (Wildman–Crippen MR) is 70.9 cm³/mol. The Labute approximate surface area is 117 Å². The molecule has 8 heteroatoms. The molecule has 0 N–H and O–H groups in total. The molecule has 0 amide bonds. The van der Waals surface area contributed by atoms with E-state index in [-0.39, 0.29) is 11.1 Å². The number of rotatable bonds is 2. The first-order chi connectivity index (χ1) is 8.71. The lowest BCUT2D eigenvalue weighted by atomic mass is 9.98. The van der Waals surface area contributed by atoms with E-state index in [4.69, 9.17) is 15.4 Å². The van der Waals surface area contributed by atoms with E-state index in [1.807, 2.05) is 20.8 Å². The predicted octanol–water partition coefficient (Wildman–Crippen LogP) is 1.85. The summed E-state index contributed by atoms with van der Waals surface area (Å²) < 4.78 is 30.2. The molecule has 0 aromatic carbocycles. The molecular formula is C11H18ClN3O3S. The standard InChI is InChI=1S/C11H18ClN3O3S/c1-11(2,3)15-9(8-4-6-18-7-5-8)13-14-10(15)19(12,16)17/h8H,4-7H2,1-3H3. The van der Waals surface area contributed by atoms with E-state index in [2.05, 4.69) is 10.2 Å². The monoisotopic (exact) mass is 307 g/mol. The van der Waals surface area contributed by atoms with Gasteiger partial charge in [-0.2, -0.15) is 0 Å². The van der Waals surface area contributed by atoms with Crippen molar-refractivity contribution < 1.29 is 13.2 Å². The molecule has 6 nitrogen and oxygen atoms in total. The molecule has 2 heterocycles. The highest BCUT2D eigenvalue weighted by Gasteiger charge is 2.33. The van der Waals surface area contributed by atoms with Crippen molar-refractivity contribution in [1.29, 1.82) is 0 Å². The van der Waals surface area contributed by atoms with Crippen LogP contribution in [0.4, 0.5) is 0 Å². The molecule has 0 bridgehead atoms. The van der Waals surface area contributed by atoms with Gasteiger partial charge >= 0.3 is 0 Å². The SMILES string of the molecule is CC(C)(C)n1c(C2CCOCC2)nnc1S(=O)(=O)Cl. The second kappa shape index (κ2) is 5.03. The minimum absolute atomic E-state index is 0.160. The maximum Gasteiger partial charge on any atom is 0.296 e. The molecule has 0 radical (unpaired) electrons. The Morgan fingerprint density at radius 1 is 1.26 bits per heavy atom. The molecule has 0 unspecified atom stereocenters. The van der Waals surface area contributed by atoms with Crippen LogP contribution in [0, 0.1) is 0 Å².